The largest absolute Gasteiger partial charge is 0.444 e. The predicted molar refractivity (Wildman–Crippen MR) is 94.9 cm³/mol. The van der Waals surface area contributed by atoms with Crippen molar-refractivity contribution in [3.8, 4) is 0 Å². The van der Waals surface area contributed by atoms with Gasteiger partial charge in [0.25, 0.3) is 0 Å². The number of nitrogens with zero attached hydrogens (tertiary/aromatic N) is 2. The third kappa shape index (κ3) is 5.59. The second kappa shape index (κ2) is 8.14. The lowest BCUT2D eigenvalue weighted by molar-refractivity contribution is -0.123. The Balaban J connectivity index is 1.98. The fourth-order valence-corrected chi connectivity index (χ4v) is 2.87. The number of oxime groups is 1. The average Bonchev–Trinajstić information content (AvgIpc) is 2.59. The second-order valence-corrected chi connectivity index (χ2v) is 7.32. The van der Waals surface area contributed by atoms with Crippen LogP contribution in [-0.2, 0) is 9.53 Å². The maximum atomic E-state index is 12.6. The summed E-state index contributed by atoms with van der Waals surface area (Å²) in [7, 11) is 0. The predicted octanol–water partition coefficient (Wildman–Crippen LogP) is 3.47. The first-order valence-electron chi connectivity index (χ1n) is 8.57. The van der Waals surface area contributed by atoms with Gasteiger partial charge in [0.2, 0.25) is 0 Å². The number of carbonyl (C=O) groups is 2. The van der Waals surface area contributed by atoms with Crippen molar-refractivity contribution in [1.29, 1.82) is 0 Å². The number of ether oxygens (including phenoxy) is 1. The maximum absolute atomic E-state index is 12.6. The van der Waals surface area contributed by atoms with Gasteiger partial charge in [-0.1, -0.05) is 35.5 Å². The summed E-state index contributed by atoms with van der Waals surface area (Å²) < 4.78 is 5.39. The molecule has 1 aliphatic heterocycles. The molecule has 1 fully saturated rings. The molecule has 0 aromatic heterocycles. The summed E-state index contributed by atoms with van der Waals surface area (Å²) in [4.78, 5) is 26.4. The van der Waals surface area contributed by atoms with Crippen LogP contribution in [0.25, 0.3) is 0 Å². The quantitative estimate of drug-likeness (QED) is 0.514. The Morgan fingerprint density at radius 2 is 1.96 bits per heavy atom. The molecule has 1 atom stereocenters. The van der Waals surface area contributed by atoms with E-state index in [2.05, 4.69) is 5.16 Å². The van der Waals surface area contributed by atoms with Crippen molar-refractivity contribution in [1.82, 2.24) is 4.90 Å². The molecule has 0 saturated carbocycles. The zero-order valence-corrected chi connectivity index (χ0v) is 15.1. The summed E-state index contributed by atoms with van der Waals surface area (Å²) in [5, 5.41) is 12.5. The monoisotopic (exact) mass is 346 g/mol. The number of hydrogen-bond acceptors (Lipinski definition) is 5. The van der Waals surface area contributed by atoms with E-state index in [9.17, 15) is 14.8 Å². The molecule has 1 aliphatic rings. The number of amides is 1. The highest BCUT2D eigenvalue weighted by atomic mass is 16.6. The van der Waals surface area contributed by atoms with E-state index in [0.29, 0.717) is 18.8 Å². The first-order valence-corrected chi connectivity index (χ1v) is 8.57. The molecule has 0 aliphatic carbocycles. The molecule has 0 spiro atoms. The molecule has 1 aromatic carbocycles. The van der Waals surface area contributed by atoms with Gasteiger partial charge in [0.1, 0.15) is 11.4 Å². The molecule has 1 unspecified atom stereocenters. The highest BCUT2D eigenvalue weighted by Gasteiger charge is 2.31. The van der Waals surface area contributed by atoms with Gasteiger partial charge in [0.05, 0.1) is 12.1 Å². The molecule has 0 bridgehead atoms. The third-order valence-corrected chi connectivity index (χ3v) is 4.10. The Morgan fingerprint density at radius 1 is 1.28 bits per heavy atom. The number of hydrogen-bond donors (Lipinski definition) is 1. The van der Waals surface area contributed by atoms with Gasteiger partial charge in [-0.25, -0.2) is 4.79 Å². The van der Waals surface area contributed by atoms with Crippen LogP contribution in [0.1, 0.15) is 45.6 Å². The summed E-state index contributed by atoms with van der Waals surface area (Å²) in [6.07, 6.45) is 1.15. The van der Waals surface area contributed by atoms with Crippen molar-refractivity contribution >= 4 is 17.6 Å². The van der Waals surface area contributed by atoms with Gasteiger partial charge in [0, 0.05) is 19.0 Å². The van der Waals surface area contributed by atoms with E-state index >= 15 is 0 Å². The number of piperidine rings is 1. The van der Waals surface area contributed by atoms with E-state index in [1.165, 1.54) is 0 Å². The molecule has 25 heavy (non-hydrogen) atoms. The van der Waals surface area contributed by atoms with E-state index in [1.807, 2.05) is 39.0 Å². The van der Waals surface area contributed by atoms with Gasteiger partial charge in [-0.2, -0.15) is 0 Å². The minimum absolute atomic E-state index is 0.0232. The van der Waals surface area contributed by atoms with Gasteiger partial charge >= 0.3 is 6.09 Å². The fraction of sp³-hybridized carbons (Fsp3) is 0.526. The molecule has 6 heteroatoms. The Labute approximate surface area is 148 Å². The van der Waals surface area contributed by atoms with Gasteiger partial charge in [-0.05, 0) is 39.2 Å². The Bertz CT molecular complexity index is 635. The number of Topliss-reactive ketones (excluding diaryl/α,β-unsaturated/α-hetero) is 1. The molecule has 1 saturated heterocycles. The van der Waals surface area contributed by atoms with Crippen molar-refractivity contribution in [3.63, 3.8) is 0 Å². The minimum Gasteiger partial charge on any atom is -0.444 e. The van der Waals surface area contributed by atoms with Crippen molar-refractivity contribution in [2.24, 2.45) is 11.1 Å². The highest BCUT2D eigenvalue weighted by molar-refractivity contribution is 6.11. The zero-order chi connectivity index (χ0) is 18.4. The molecular formula is C19H26N2O4. The van der Waals surface area contributed by atoms with Crippen molar-refractivity contribution in [2.45, 2.75) is 45.6 Å². The van der Waals surface area contributed by atoms with Gasteiger partial charge in [-0.15, -0.1) is 0 Å². The SMILES string of the molecule is CC(C)(C)OC(=O)N1CCCC(C(=O)C/C(=N/O)c2ccccc2)C1. The number of benzene rings is 1. The van der Waals surface area contributed by atoms with Crippen LogP contribution in [0.2, 0.25) is 0 Å². The molecule has 1 heterocycles. The van der Waals surface area contributed by atoms with Crippen molar-refractivity contribution in [3.05, 3.63) is 35.9 Å². The molecule has 0 radical (unpaired) electrons. The Kier molecular flexibility index (Phi) is 6.17. The molecule has 1 aromatic rings. The fourth-order valence-electron chi connectivity index (χ4n) is 2.87. The third-order valence-electron chi connectivity index (χ3n) is 4.10. The lowest BCUT2D eigenvalue weighted by atomic mass is 9.90. The Morgan fingerprint density at radius 3 is 2.56 bits per heavy atom. The van der Waals surface area contributed by atoms with Crippen molar-refractivity contribution < 1.29 is 19.5 Å². The lowest BCUT2D eigenvalue weighted by Gasteiger charge is -2.33. The standard InChI is InChI=1S/C19H26N2O4/c1-19(2,3)25-18(23)21-11-7-10-15(13-21)17(22)12-16(20-24)14-8-5-4-6-9-14/h4-6,8-9,15,24H,7,10-13H2,1-3H3/b20-16-. The van der Waals surface area contributed by atoms with E-state index < -0.39 is 5.60 Å². The molecular weight excluding hydrogens is 320 g/mol. The summed E-state index contributed by atoms with van der Waals surface area (Å²) >= 11 is 0. The van der Waals surface area contributed by atoms with E-state index in [0.717, 1.165) is 18.4 Å². The van der Waals surface area contributed by atoms with Crippen LogP contribution in [0, 0.1) is 5.92 Å². The van der Waals surface area contributed by atoms with Gasteiger partial charge in [-0.3, -0.25) is 4.79 Å². The molecule has 6 nitrogen and oxygen atoms in total. The van der Waals surface area contributed by atoms with Crippen LogP contribution < -0.4 is 0 Å². The highest BCUT2D eigenvalue weighted by Crippen LogP contribution is 2.22. The average molecular weight is 346 g/mol. The van der Waals surface area contributed by atoms with Gasteiger partial charge in [0.15, 0.2) is 0 Å². The summed E-state index contributed by atoms with van der Waals surface area (Å²) in [6.45, 7) is 6.41. The smallest absolute Gasteiger partial charge is 0.410 e. The summed E-state index contributed by atoms with van der Waals surface area (Å²) in [6, 6.07) is 9.12. The van der Waals surface area contributed by atoms with Crippen LogP contribution in [0.15, 0.2) is 35.5 Å². The number of ketones is 1. The first kappa shape index (κ1) is 19.0. The van der Waals surface area contributed by atoms with Gasteiger partial charge < -0.3 is 14.8 Å². The van der Waals surface area contributed by atoms with Crippen LogP contribution in [0.3, 0.4) is 0 Å². The summed E-state index contributed by atoms with van der Waals surface area (Å²) in [5.41, 5.74) is 0.510. The zero-order valence-electron chi connectivity index (χ0n) is 15.1. The van der Waals surface area contributed by atoms with Crippen molar-refractivity contribution in [2.75, 3.05) is 13.1 Å². The van der Waals surface area contributed by atoms with E-state index in [1.54, 1.807) is 17.0 Å². The Hall–Kier alpha value is -2.37. The second-order valence-electron chi connectivity index (χ2n) is 7.32. The van der Waals surface area contributed by atoms with Crippen LogP contribution in [0.5, 0.6) is 0 Å². The summed E-state index contributed by atoms with van der Waals surface area (Å²) in [5.74, 6) is -0.286. The molecule has 1 amide bonds. The molecule has 2 rings (SSSR count). The number of carbonyl (C=O) groups excluding carboxylic acids is 2. The minimum atomic E-state index is -0.557. The van der Waals surface area contributed by atoms with E-state index in [-0.39, 0.29) is 24.2 Å². The van der Waals surface area contributed by atoms with E-state index in [4.69, 9.17) is 4.74 Å². The van der Waals surface area contributed by atoms with Crippen LogP contribution in [-0.4, -0.2) is 46.4 Å². The first-order chi connectivity index (χ1) is 11.8. The maximum Gasteiger partial charge on any atom is 0.410 e. The van der Waals surface area contributed by atoms with Crippen LogP contribution in [0.4, 0.5) is 4.79 Å². The topological polar surface area (TPSA) is 79.2 Å². The lowest BCUT2D eigenvalue weighted by Crippen LogP contribution is -2.44. The number of rotatable bonds is 4. The molecule has 136 valence electrons. The normalized spacial score (nSPS) is 18.8. The number of likely N-dealkylation sites (tertiary alicyclic amines) is 1. The van der Waals surface area contributed by atoms with Crippen LogP contribution >= 0.6 is 0 Å². The molecule has 1 N–H and O–H groups in total.